The second kappa shape index (κ2) is 6.70. The topological polar surface area (TPSA) is 37.8 Å². The van der Waals surface area contributed by atoms with Gasteiger partial charge in [-0.15, -0.1) is 0 Å². The molecule has 1 fully saturated rings. The van der Waals surface area contributed by atoms with Gasteiger partial charge in [-0.3, -0.25) is 0 Å². The van der Waals surface area contributed by atoms with Crippen LogP contribution in [0.3, 0.4) is 0 Å². The van der Waals surface area contributed by atoms with E-state index in [2.05, 4.69) is 22.2 Å². The Morgan fingerprint density at radius 3 is 2.88 bits per heavy atom. The molecule has 1 N–H and O–H groups in total. The zero-order chi connectivity index (χ0) is 11.9. The lowest BCUT2D eigenvalue weighted by atomic mass is 9.81. The van der Waals surface area contributed by atoms with Crippen LogP contribution in [0.25, 0.3) is 0 Å². The number of rotatable bonds is 5. The van der Waals surface area contributed by atoms with Gasteiger partial charge in [0.2, 0.25) is 0 Å². The molecule has 0 amide bonds. The molecule has 1 heterocycles. The van der Waals surface area contributed by atoms with Gasteiger partial charge in [0.25, 0.3) is 0 Å². The van der Waals surface area contributed by atoms with E-state index in [4.69, 9.17) is 0 Å². The number of hydrogen-bond donors (Lipinski definition) is 1. The summed E-state index contributed by atoms with van der Waals surface area (Å²) >= 11 is 0. The van der Waals surface area contributed by atoms with E-state index in [1.165, 1.54) is 32.1 Å². The highest BCUT2D eigenvalue weighted by Gasteiger charge is 2.17. The van der Waals surface area contributed by atoms with Crippen LogP contribution in [0.5, 0.6) is 0 Å². The van der Waals surface area contributed by atoms with Crippen LogP contribution in [0.15, 0.2) is 18.5 Å². The zero-order valence-electron chi connectivity index (χ0n) is 10.7. The summed E-state index contributed by atoms with van der Waals surface area (Å²) < 4.78 is 0. The highest BCUT2D eigenvalue weighted by atomic mass is 14.9. The van der Waals surface area contributed by atoms with Crippen LogP contribution in [0, 0.1) is 11.8 Å². The molecule has 17 heavy (non-hydrogen) atoms. The fourth-order valence-corrected chi connectivity index (χ4v) is 2.75. The first-order valence-corrected chi connectivity index (χ1v) is 6.81. The smallest absolute Gasteiger partial charge is 0.141 e. The number of nitrogens with zero attached hydrogens (tertiary/aromatic N) is 2. The Bertz CT molecular complexity index is 313. The highest BCUT2D eigenvalue weighted by molar-refractivity contribution is 4.87. The summed E-state index contributed by atoms with van der Waals surface area (Å²) in [6.45, 7) is 4.27. The maximum absolute atomic E-state index is 4.20. The van der Waals surface area contributed by atoms with Gasteiger partial charge in [0, 0.05) is 12.4 Å². The molecule has 2 atom stereocenters. The minimum absolute atomic E-state index is 0.795. The molecular formula is C14H23N3. The molecule has 1 aliphatic rings. The summed E-state index contributed by atoms with van der Waals surface area (Å²) in [6.07, 6.45) is 10.6. The van der Waals surface area contributed by atoms with Gasteiger partial charge in [-0.05, 0) is 37.3 Å². The fourth-order valence-electron chi connectivity index (χ4n) is 2.75. The van der Waals surface area contributed by atoms with Crippen LogP contribution in [0.2, 0.25) is 0 Å². The second-order valence-electron chi connectivity index (χ2n) is 5.27. The zero-order valence-corrected chi connectivity index (χ0v) is 10.7. The van der Waals surface area contributed by atoms with Crippen molar-refractivity contribution in [3.05, 3.63) is 24.3 Å². The van der Waals surface area contributed by atoms with Crippen LogP contribution in [-0.2, 0) is 6.54 Å². The van der Waals surface area contributed by atoms with Crippen molar-refractivity contribution in [2.45, 2.75) is 45.6 Å². The first kappa shape index (κ1) is 12.5. The summed E-state index contributed by atoms with van der Waals surface area (Å²) in [4.78, 5) is 8.40. The van der Waals surface area contributed by atoms with E-state index in [0.29, 0.717) is 0 Å². The summed E-state index contributed by atoms with van der Waals surface area (Å²) in [5.74, 6) is 2.76. The second-order valence-corrected chi connectivity index (χ2v) is 5.27. The summed E-state index contributed by atoms with van der Waals surface area (Å²) in [5.41, 5.74) is 0. The largest absolute Gasteiger partial charge is 0.310 e. The van der Waals surface area contributed by atoms with Gasteiger partial charge in [0.05, 0.1) is 6.54 Å². The Labute approximate surface area is 104 Å². The standard InChI is InChI=1S/C14H23N3/c1-12-4-2-5-13(10-12)6-9-15-11-14-16-7-3-8-17-14/h3,7-8,12-13,15H,2,4-6,9-11H2,1H3. The van der Waals surface area contributed by atoms with Crippen molar-refractivity contribution in [2.24, 2.45) is 11.8 Å². The molecule has 3 nitrogen and oxygen atoms in total. The minimum atomic E-state index is 0.795. The molecular weight excluding hydrogens is 210 g/mol. The lowest BCUT2D eigenvalue weighted by Gasteiger charge is -2.26. The Hall–Kier alpha value is -0.960. The predicted octanol–water partition coefficient (Wildman–Crippen LogP) is 2.78. The van der Waals surface area contributed by atoms with Crippen LogP contribution < -0.4 is 5.32 Å². The Kier molecular flexibility index (Phi) is 4.92. The average Bonchev–Trinajstić information content (AvgIpc) is 2.36. The van der Waals surface area contributed by atoms with Gasteiger partial charge in [-0.25, -0.2) is 9.97 Å². The van der Waals surface area contributed by atoms with E-state index in [0.717, 1.165) is 30.7 Å². The van der Waals surface area contributed by atoms with Crippen LogP contribution >= 0.6 is 0 Å². The molecule has 1 saturated carbocycles. The molecule has 0 aliphatic heterocycles. The third-order valence-corrected chi connectivity index (χ3v) is 3.68. The normalized spacial score (nSPS) is 24.8. The molecule has 1 aliphatic carbocycles. The number of aromatic nitrogens is 2. The van der Waals surface area contributed by atoms with Gasteiger partial charge < -0.3 is 5.32 Å². The first-order valence-electron chi connectivity index (χ1n) is 6.81. The van der Waals surface area contributed by atoms with Crippen LogP contribution in [0.4, 0.5) is 0 Å². The molecule has 2 unspecified atom stereocenters. The van der Waals surface area contributed by atoms with Gasteiger partial charge >= 0.3 is 0 Å². The molecule has 0 spiro atoms. The third kappa shape index (κ3) is 4.43. The summed E-state index contributed by atoms with van der Waals surface area (Å²) in [5, 5.41) is 3.44. The SMILES string of the molecule is CC1CCCC(CCNCc2ncccn2)C1. The number of hydrogen-bond acceptors (Lipinski definition) is 3. The Morgan fingerprint density at radius 1 is 1.29 bits per heavy atom. The third-order valence-electron chi connectivity index (χ3n) is 3.68. The van der Waals surface area contributed by atoms with E-state index in [1.807, 2.05) is 6.07 Å². The van der Waals surface area contributed by atoms with Gasteiger partial charge in [0.1, 0.15) is 5.82 Å². The first-order chi connectivity index (χ1) is 8.34. The fraction of sp³-hybridized carbons (Fsp3) is 0.714. The monoisotopic (exact) mass is 233 g/mol. The predicted molar refractivity (Wildman–Crippen MR) is 69.5 cm³/mol. The van der Waals surface area contributed by atoms with Gasteiger partial charge in [-0.2, -0.15) is 0 Å². The van der Waals surface area contributed by atoms with Crippen molar-refractivity contribution < 1.29 is 0 Å². The van der Waals surface area contributed by atoms with Gasteiger partial charge in [-0.1, -0.05) is 26.2 Å². The quantitative estimate of drug-likeness (QED) is 0.795. The molecule has 0 radical (unpaired) electrons. The molecule has 1 aromatic rings. The molecule has 0 bridgehead atoms. The molecule has 0 saturated heterocycles. The maximum atomic E-state index is 4.20. The van der Waals surface area contributed by atoms with Crippen LogP contribution in [0.1, 0.15) is 44.9 Å². The van der Waals surface area contributed by atoms with E-state index >= 15 is 0 Å². The molecule has 3 heteroatoms. The average molecular weight is 233 g/mol. The summed E-state index contributed by atoms with van der Waals surface area (Å²) in [7, 11) is 0. The van der Waals surface area contributed by atoms with Crippen molar-refractivity contribution in [1.29, 1.82) is 0 Å². The minimum Gasteiger partial charge on any atom is -0.310 e. The molecule has 2 rings (SSSR count). The van der Waals surface area contributed by atoms with Crippen molar-refractivity contribution in [3.8, 4) is 0 Å². The van der Waals surface area contributed by atoms with E-state index in [-0.39, 0.29) is 0 Å². The Morgan fingerprint density at radius 2 is 2.12 bits per heavy atom. The van der Waals surface area contributed by atoms with Crippen molar-refractivity contribution in [3.63, 3.8) is 0 Å². The molecule has 94 valence electrons. The Balaban J connectivity index is 1.60. The lowest BCUT2D eigenvalue weighted by Crippen LogP contribution is -2.21. The van der Waals surface area contributed by atoms with Crippen molar-refractivity contribution in [2.75, 3.05) is 6.54 Å². The van der Waals surface area contributed by atoms with Crippen molar-refractivity contribution >= 4 is 0 Å². The van der Waals surface area contributed by atoms with E-state index < -0.39 is 0 Å². The molecule has 0 aromatic carbocycles. The number of nitrogens with one attached hydrogen (secondary N) is 1. The van der Waals surface area contributed by atoms with Crippen LogP contribution in [-0.4, -0.2) is 16.5 Å². The molecule has 1 aromatic heterocycles. The van der Waals surface area contributed by atoms with E-state index in [1.54, 1.807) is 12.4 Å². The van der Waals surface area contributed by atoms with E-state index in [9.17, 15) is 0 Å². The van der Waals surface area contributed by atoms with Crippen molar-refractivity contribution in [1.82, 2.24) is 15.3 Å². The maximum Gasteiger partial charge on any atom is 0.141 e. The highest BCUT2D eigenvalue weighted by Crippen LogP contribution is 2.30. The summed E-state index contributed by atoms with van der Waals surface area (Å²) in [6, 6.07) is 1.85. The lowest BCUT2D eigenvalue weighted by molar-refractivity contribution is 0.267. The van der Waals surface area contributed by atoms with Gasteiger partial charge in [0.15, 0.2) is 0 Å².